The molecular formula is C14H21N3O4. The number of nitrogens with one attached hydrogen (secondary N) is 2. The molecule has 0 heterocycles. The molecule has 0 saturated heterocycles. The molecule has 1 aromatic carbocycles. The van der Waals surface area contributed by atoms with Crippen LogP contribution in [-0.2, 0) is 11.3 Å². The van der Waals surface area contributed by atoms with E-state index in [1.54, 1.807) is 12.1 Å². The van der Waals surface area contributed by atoms with Crippen molar-refractivity contribution in [2.45, 2.75) is 26.3 Å². The normalized spacial score (nSPS) is 10.2. The van der Waals surface area contributed by atoms with Crippen molar-refractivity contribution in [2.24, 2.45) is 0 Å². The summed E-state index contributed by atoms with van der Waals surface area (Å²) in [5, 5.41) is 16.8. The molecule has 0 unspecified atom stereocenters. The Kier molecular flexibility index (Phi) is 7.17. The predicted octanol–water partition coefficient (Wildman–Crippen LogP) is 1.61. The molecule has 7 heteroatoms. The van der Waals surface area contributed by atoms with Crippen LogP contribution < -0.4 is 15.4 Å². The highest BCUT2D eigenvalue weighted by Crippen LogP contribution is 2.27. The van der Waals surface area contributed by atoms with Gasteiger partial charge in [-0.1, -0.05) is 13.0 Å². The Morgan fingerprint density at radius 3 is 2.76 bits per heavy atom. The number of amides is 1. The van der Waals surface area contributed by atoms with Gasteiger partial charge in [-0.3, -0.25) is 14.9 Å². The van der Waals surface area contributed by atoms with Gasteiger partial charge < -0.3 is 15.4 Å². The van der Waals surface area contributed by atoms with Crippen molar-refractivity contribution in [3.05, 3.63) is 33.9 Å². The maximum absolute atomic E-state index is 11.4. The van der Waals surface area contributed by atoms with Gasteiger partial charge in [0.15, 0.2) is 5.75 Å². The number of benzene rings is 1. The number of carbonyl (C=O) groups is 1. The molecule has 0 aliphatic heterocycles. The third kappa shape index (κ3) is 5.78. The van der Waals surface area contributed by atoms with Crippen LogP contribution in [0, 0.1) is 10.1 Å². The van der Waals surface area contributed by atoms with Crippen molar-refractivity contribution in [1.82, 2.24) is 10.6 Å². The lowest BCUT2D eigenvalue weighted by atomic mass is 10.2. The van der Waals surface area contributed by atoms with Gasteiger partial charge in [-0.05, 0) is 18.1 Å². The van der Waals surface area contributed by atoms with E-state index >= 15 is 0 Å². The maximum atomic E-state index is 11.4. The SMILES string of the molecule is CCCNC(=O)CCNCc1ccc(OC)c([N+](=O)[O-])c1. The van der Waals surface area contributed by atoms with Crippen molar-refractivity contribution < 1.29 is 14.5 Å². The molecule has 0 fully saturated rings. The minimum absolute atomic E-state index is 0.00469. The molecule has 1 amide bonds. The maximum Gasteiger partial charge on any atom is 0.311 e. The smallest absolute Gasteiger partial charge is 0.311 e. The highest BCUT2D eigenvalue weighted by atomic mass is 16.6. The zero-order chi connectivity index (χ0) is 15.7. The molecule has 0 aromatic heterocycles. The van der Waals surface area contributed by atoms with E-state index in [9.17, 15) is 14.9 Å². The number of rotatable bonds is 9. The first kappa shape index (κ1) is 16.9. The summed E-state index contributed by atoms with van der Waals surface area (Å²) >= 11 is 0. The van der Waals surface area contributed by atoms with Crippen LogP contribution in [0.2, 0.25) is 0 Å². The van der Waals surface area contributed by atoms with Crippen molar-refractivity contribution in [3.63, 3.8) is 0 Å². The van der Waals surface area contributed by atoms with E-state index in [0.717, 1.165) is 12.0 Å². The standard InChI is InChI=1S/C14H21N3O4/c1-3-7-16-14(18)6-8-15-10-11-4-5-13(21-2)12(9-11)17(19)20/h4-5,9,15H,3,6-8,10H2,1-2H3,(H,16,18). The molecule has 7 nitrogen and oxygen atoms in total. The average molecular weight is 295 g/mol. The molecule has 0 spiro atoms. The lowest BCUT2D eigenvalue weighted by molar-refractivity contribution is -0.385. The molecule has 1 aromatic rings. The van der Waals surface area contributed by atoms with Crippen LogP contribution in [0.25, 0.3) is 0 Å². The Balaban J connectivity index is 2.44. The number of methoxy groups -OCH3 is 1. The summed E-state index contributed by atoms with van der Waals surface area (Å²) in [5.74, 6) is 0.243. The molecule has 0 atom stereocenters. The topological polar surface area (TPSA) is 93.5 Å². The first-order valence-corrected chi connectivity index (χ1v) is 6.87. The van der Waals surface area contributed by atoms with Crippen molar-refractivity contribution in [2.75, 3.05) is 20.2 Å². The summed E-state index contributed by atoms with van der Waals surface area (Å²) in [4.78, 5) is 21.8. The Morgan fingerprint density at radius 1 is 1.38 bits per heavy atom. The molecule has 0 aliphatic rings. The lowest BCUT2D eigenvalue weighted by Crippen LogP contribution is -2.28. The second-order valence-corrected chi connectivity index (χ2v) is 4.54. The number of hydrogen-bond acceptors (Lipinski definition) is 5. The summed E-state index contributed by atoms with van der Waals surface area (Å²) in [6.07, 6.45) is 1.30. The van der Waals surface area contributed by atoms with Gasteiger partial charge in [0.25, 0.3) is 0 Å². The average Bonchev–Trinajstić information content (AvgIpc) is 2.49. The summed E-state index contributed by atoms with van der Waals surface area (Å²) in [6.45, 7) is 3.67. The van der Waals surface area contributed by atoms with Crippen LogP contribution in [-0.4, -0.2) is 31.0 Å². The van der Waals surface area contributed by atoms with Crippen LogP contribution in [0.4, 0.5) is 5.69 Å². The highest BCUT2D eigenvalue weighted by Gasteiger charge is 2.14. The summed E-state index contributed by atoms with van der Waals surface area (Å²) < 4.78 is 4.94. The largest absolute Gasteiger partial charge is 0.490 e. The minimum Gasteiger partial charge on any atom is -0.490 e. The van der Waals surface area contributed by atoms with Crippen LogP contribution in [0.15, 0.2) is 18.2 Å². The Morgan fingerprint density at radius 2 is 2.14 bits per heavy atom. The Hall–Kier alpha value is -2.15. The van der Waals surface area contributed by atoms with E-state index in [4.69, 9.17) is 4.74 Å². The number of nitro benzene ring substituents is 1. The predicted molar refractivity (Wildman–Crippen MR) is 79.3 cm³/mol. The van der Waals surface area contributed by atoms with Crippen molar-refractivity contribution in [1.29, 1.82) is 0 Å². The van der Waals surface area contributed by atoms with Gasteiger partial charge in [-0.15, -0.1) is 0 Å². The van der Waals surface area contributed by atoms with Crippen LogP contribution in [0.5, 0.6) is 5.75 Å². The molecule has 116 valence electrons. The van der Waals surface area contributed by atoms with Crippen LogP contribution >= 0.6 is 0 Å². The van der Waals surface area contributed by atoms with E-state index in [1.807, 2.05) is 6.92 Å². The second kappa shape index (κ2) is 8.91. The molecule has 0 radical (unpaired) electrons. The monoisotopic (exact) mass is 295 g/mol. The first-order chi connectivity index (χ1) is 10.1. The van der Waals surface area contributed by atoms with Gasteiger partial charge in [0, 0.05) is 32.1 Å². The molecule has 0 aliphatic carbocycles. The third-order valence-corrected chi connectivity index (χ3v) is 2.87. The summed E-state index contributed by atoms with van der Waals surface area (Å²) in [6, 6.07) is 4.81. The lowest BCUT2D eigenvalue weighted by Gasteiger charge is -2.07. The second-order valence-electron chi connectivity index (χ2n) is 4.54. The van der Waals surface area contributed by atoms with Crippen molar-refractivity contribution >= 4 is 11.6 Å². The molecule has 2 N–H and O–H groups in total. The van der Waals surface area contributed by atoms with Gasteiger partial charge in [-0.2, -0.15) is 0 Å². The third-order valence-electron chi connectivity index (χ3n) is 2.87. The van der Waals surface area contributed by atoms with Gasteiger partial charge in [0.05, 0.1) is 12.0 Å². The fraction of sp³-hybridized carbons (Fsp3) is 0.500. The molecule has 0 saturated carbocycles. The quantitative estimate of drug-likeness (QED) is 0.410. The van der Waals surface area contributed by atoms with E-state index in [2.05, 4.69) is 10.6 Å². The molecule has 0 bridgehead atoms. The van der Waals surface area contributed by atoms with E-state index in [0.29, 0.717) is 26.1 Å². The fourth-order valence-electron chi connectivity index (χ4n) is 1.78. The van der Waals surface area contributed by atoms with Crippen LogP contribution in [0.1, 0.15) is 25.3 Å². The number of nitro groups is 1. The molecule has 1 rings (SSSR count). The summed E-state index contributed by atoms with van der Waals surface area (Å²) in [7, 11) is 1.40. The van der Waals surface area contributed by atoms with Crippen LogP contribution in [0.3, 0.4) is 0 Å². The first-order valence-electron chi connectivity index (χ1n) is 6.87. The van der Waals surface area contributed by atoms with E-state index in [-0.39, 0.29) is 17.3 Å². The van der Waals surface area contributed by atoms with E-state index < -0.39 is 4.92 Å². The molecule has 21 heavy (non-hydrogen) atoms. The highest BCUT2D eigenvalue weighted by molar-refractivity contribution is 5.75. The minimum atomic E-state index is -0.472. The molecular weight excluding hydrogens is 274 g/mol. The number of ether oxygens (including phenoxy) is 1. The van der Waals surface area contributed by atoms with E-state index in [1.165, 1.54) is 13.2 Å². The number of carbonyl (C=O) groups excluding carboxylic acids is 1. The zero-order valence-corrected chi connectivity index (χ0v) is 12.3. The van der Waals surface area contributed by atoms with Gasteiger partial charge in [0.2, 0.25) is 5.91 Å². The van der Waals surface area contributed by atoms with Gasteiger partial charge >= 0.3 is 5.69 Å². The van der Waals surface area contributed by atoms with Gasteiger partial charge in [0.1, 0.15) is 0 Å². The number of hydrogen-bond donors (Lipinski definition) is 2. The Bertz CT molecular complexity index is 491. The number of nitrogens with zero attached hydrogens (tertiary/aromatic N) is 1. The van der Waals surface area contributed by atoms with Crippen molar-refractivity contribution in [3.8, 4) is 5.75 Å². The zero-order valence-electron chi connectivity index (χ0n) is 12.3. The Labute approximate surface area is 123 Å². The fourth-order valence-corrected chi connectivity index (χ4v) is 1.78. The summed E-state index contributed by atoms with van der Waals surface area (Å²) in [5.41, 5.74) is 0.717. The van der Waals surface area contributed by atoms with Gasteiger partial charge in [-0.25, -0.2) is 0 Å².